The first-order valence-electron chi connectivity index (χ1n) is 7.28. The number of hydrogen-bond donors (Lipinski definition) is 1. The zero-order valence-corrected chi connectivity index (χ0v) is 13.5. The topological polar surface area (TPSA) is 43.8 Å². The van der Waals surface area contributed by atoms with E-state index in [2.05, 4.69) is 0 Å². The molecule has 0 saturated carbocycles. The van der Waals surface area contributed by atoms with Crippen molar-refractivity contribution in [3.8, 4) is 0 Å². The molecule has 0 bridgehead atoms. The van der Waals surface area contributed by atoms with Crippen LogP contribution in [0.1, 0.15) is 38.0 Å². The molecule has 1 atom stereocenters. The van der Waals surface area contributed by atoms with E-state index in [0.29, 0.717) is 29.9 Å². The summed E-state index contributed by atoms with van der Waals surface area (Å²) in [5, 5.41) is 9.82. The number of aliphatic hydroxyl groups excluding tert-OH is 1. The molecule has 0 radical (unpaired) electrons. The molecular formula is C16H25FN2O2. The summed E-state index contributed by atoms with van der Waals surface area (Å²) in [6.07, 6.45) is -0.791. The van der Waals surface area contributed by atoms with Gasteiger partial charge in [0.2, 0.25) is 5.91 Å². The van der Waals surface area contributed by atoms with Crippen molar-refractivity contribution in [3.05, 3.63) is 29.1 Å². The zero-order valence-electron chi connectivity index (χ0n) is 13.5. The van der Waals surface area contributed by atoms with Crippen LogP contribution in [0.3, 0.4) is 0 Å². The average Bonchev–Trinajstić information content (AvgIpc) is 2.42. The summed E-state index contributed by atoms with van der Waals surface area (Å²) in [7, 11) is 1.78. The largest absolute Gasteiger partial charge is 0.389 e. The molecule has 0 aliphatic heterocycles. The standard InChI is InChI=1S/C16H25FN2O2/c1-6-19(7-2)16(21)10-18(5)15-8-11(3)14(17)9-13(15)12(4)20/h8-9,12,20H,6-7,10H2,1-5H3/t12-/m0/s1. The summed E-state index contributed by atoms with van der Waals surface area (Å²) in [4.78, 5) is 15.7. The third-order valence-corrected chi connectivity index (χ3v) is 3.66. The van der Waals surface area contributed by atoms with Crippen LogP contribution in [0.4, 0.5) is 10.1 Å². The number of rotatable bonds is 6. The highest BCUT2D eigenvalue weighted by Crippen LogP contribution is 2.28. The van der Waals surface area contributed by atoms with Crippen LogP contribution in [0.15, 0.2) is 12.1 Å². The van der Waals surface area contributed by atoms with E-state index in [1.165, 1.54) is 6.07 Å². The minimum Gasteiger partial charge on any atom is -0.389 e. The molecule has 1 rings (SSSR count). The first kappa shape index (κ1) is 17.4. The number of anilines is 1. The number of benzene rings is 1. The number of amides is 1. The van der Waals surface area contributed by atoms with Crippen LogP contribution in [0.2, 0.25) is 0 Å². The second kappa shape index (κ2) is 7.41. The second-order valence-electron chi connectivity index (χ2n) is 5.26. The van der Waals surface area contributed by atoms with Crippen LogP contribution >= 0.6 is 0 Å². The van der Waals surface area contributed by atoms with Gasteiger partial charge in [-0.15, -0.1) is 0 Å². The van der Waals surface area contributed by atoms with Gasteiger partial charge >= 0.3 is 0 Å². The summed E-state index contributed by atoms with van der Waals surface area (Å²) in [6, 6.07) is 3.01. The smallest absolute Gasteiger partial charge is 0.242 e. The number of halogens is 1. The molecular weight excluding hydrogens is 271 g/mol. The fraction of sp³-hybridized carbons (Fsp3) is 0.562. The number of likely N-dealkylation sites (N-methyl/N-ethyl adjacent to an activating group) is 2. The predicted molar refractivity (Wildman–Crippen MR) is 83.0 cm³/mol. The Morgan fingerprint density at radius 1 is 1.33 bits per heavy atom. The Morgan fingerprint density at radius 3 is 2.38 bits per heavy atom. The van der Waals surface area contributed by atoms with Crippen molar-refractivity contribution < 1.29 is 14.3 Å². The van der Waals surface area contributed by atoms with Gasteiger partial charge in [0.15, 0.2) is 0 Å². The number of hydrogen-bond acceptors (Lipinski definition) is 3. The maximum absolute atomic E-state index is 13.7. The molecule has 1 aromatic carbocycles. The van der Waals surface area contributed by atoms with E-state index in [1.807, 2.05) is 13.8 Å². The molecule has 1 amide bonds. The monoisotopic (exact) mass is 296 g/mol. The second-order valence-corrected chi connectivity index (χ2v) is 5.26. The van der Waals surface area contributed by atoms with Gasteiger partial charge in [-0.2, -0.15) is 0 Å². The van der Waals surface area contributed by atoms with Gasteiger partial charge in [0.1, 0.15) is 5.82 Å². The molecule has 0 aromatic heterocycles. The van der Waals surface area contributed by atoms with Gasteiger partial charge in [0.25, 0.3) is 0 Å². The van der Waals surface area contributed by atoms with Gasteiger partial charge in [-0.05, 0) is 45.4 Å². The lowest BCUT2D eigenvalue weighted by molar-refractivity contribution is -0.129. The van der Waals surface area contributed by atoms with E-state index in [1.54, 1.807) is 36.8 Å². The zero-order chi connectivity index (χ0) is 16.2. The lowest BCUT2D eigenvalue weighted by Gasteiger charge is -2.27. The number of aliphatic hydroxyl groups is 1. The third kappa shape index (κ3) is 4.17. The molecule has 0 aliphatic carbocycles. The van der Waals surface area contributed by atoms with Crippen molar-refractivity contribution in [3.63, 3.8) is 0 Å². The minimum absolute atomic E-state index is 0.0148. The van der Waals surface area contributed by atoms with E-state index in [9.17, 15) is 14.3 Å². The van der Waals surface area contributed by atoms with Crippen LogP contribution in [0.25, 0.3) is 0 Å². The molecule has 1 aromatic rings. The van der Waals surface area contributed by atoms with Gasteiger partial charge in [0, 0.05) is 31.4 Å². The van der Waals surface area contributed by atoms with Crippen molar-refractivity contribution in [1.29, 1.82) is 0 Å². The quantitative estimate of drug-likeness (QED) is 0.877. The van der Waals surface area contributed by atoms with E-state index < -0.39 is 6.10 Å². The number of nitrogens with zero attached hydrogens (tertiary/aromatic N) is 2. The SMILES string of the molecule is CCN(CC)C(=O)CN(C)c1cc(C)c(F)cc1[C@H](C)O. The van der Waals surface area contributed by atoms with Gasteiger partial charge in [0.05, 0.1) is 12.6 Å². The van der Waals surface area contributed by atoms with E-state index >= 15 is 0 Å². The summed E-state index contributed by atoms with van der Waals surface area (Å²) in [5.41, 5.74) is 1.67. The average molecular weight is 296 g/mol. The highest BCUT2D eigenvalue weighted by molar-refractivity contribution is 5.81. The van der Waals surface area contributed by atoms with E-state index in [-0.39, 0.29) is 18.3 Å². The fourth-order valence-electron chi connectivity index (χ4n) is 2.31. The first-order valence-corrected chi connectivity index (χ1v) is 7.28. The van der Waals surface area contributed by atoms with Crippen LogP contribution in [-0.2, 0) is 4.79 Å². The molecule has 0 saturated heterocycles. The summed E-state index contributed by atoms with van der Waals surface area (Å²) >= 11 is 0. The maximum Gasteiger partial charge on any atom is 0.242 e. The normalized spacial score (nSPS) is 12.1. The highest BCUT2D eigenvalue weighted by Gasteiger charge is 2.18. The Bertz CT molecular complexity index is 499. The van der Waals surface area contributed by atoms with E-state index in [4.69, 9.17) is 0 Å². The van der Waals surface area contributed by atoms with Gasteiger partial charge < -0.3 is 14.9 Å². The van der Waals surface area contributed by atoms with Crippen molar-refractivity contribution in [2.45, 2.75) is 33.8 Å². The first-order chi connectivity index (χ1) is 9.81. The molecule has 4 nitrogen and oxygen atoms in total. The number of carbonyl (C=O) groups is 1. The minimum atomic E-state index is -0.791. The Hall–Kier alpha value is -1.62. The van der Waals surface area contributed by atoms with Crippen LogP contribution < -0.4 is 4.90 Å². The van der Waals surface area contributed by atoms with Crippen LogP contribution in [-0.4, -0.2) is 42.6 Å². The molecule has 5 heteroatoms. The summed E-state index contributed by atoms with van der Waals surface area (Å²) in [5.74, 6) is -0.334. The molecule has 1 N–H and O–H groups in total. The highest BCUT2D eigenvalue weighted by atomic mass is 19.1. The Kier molecular flexibility index (Phi) is 6.15. The molecule has 0 heterocycles. The Balaban J connectivity index is 3.04. The van der Waals surface area contributed by atoms with Crippen LogP contribution in [0, 0.1) is 12.7 Å². The lowest BCUT2D eigenvalue weighted by Crippen LogP contribution is -2.39. The van der Waals surface area contributed by atoms with Gasteiger partial charge in [-0.3, -0.25) is 4.79 Å². The lowest BCUT2D eigenvalue weighted by atomic mass is 10.0. The Morgan fingerprint density at radius 2 is 1.90 bits per heavy atom. The van der Waals surface area contributed by atoms with Crippen LogP contribution in [0.5, 0.6) is 0 Å². The molecule has 0 fully saturated rings. The molecule has 0 aliphatic rings. The number of carbonyl (C=O) groups excluding carboxylic acids is 1. The van der Waals surface area contributed by atoms with E-state index in [0.717, 1.165) is 0 Å². The molecule has 21 heavy (non-hydrogen) atoms. The number of aryl methyl sites for hydroxylation is 1. The van der Waals surface area contributed by atoms with Crippen molar-refractivity contribution in [2.75, 3.05) is 31.6 Å². The van der Waals surface area contributed by atoms with Crippen molar-refractivity contribution in [1.82, 2.24) is 4.90 Å². The van der Waals surface area contributed by atoms with Gasteiger partial charge in [-0.1, -0.05) is 0 Å². The summed E-state index contributed by atoms with van der Waals surface area (Å²) in [6.45, 7) is 8.66. The Labute approximate surface area is 126 Å². The third-order valence-electron chi connectivity index (χ3n) is 3.66. The van der Waals surface area contributed by atoms with Crippen molar-refractivity contribution in [2.24, 2.45) is 0 Å². The summed E-state index contributed by atoms with van der Waals surface area (Å²) < 4.78 is 13.7. The van der Waals surface area contributed by atoms with Gasteiger partial charge in [-0.25, -0.2) is 4.39 Å². The fourth-order valence-corrected chi connectivity index (χ4v) is 2.31. The van der Waals surface area contributed by atoms with Crippen molar-refractivity contribution >= 4 is 11.6 Å². The molecule has 0 unspecified atom stereocenters. The maximum atomic E-state index is 13.7. The predicted octanol–water partition coefficient (Wildman–Crippen LogP) is 2.49. The molecule has 0 spiro atoms. The molecule has 118 valence electrons.